The number of aromatic nitrogens is 1. The van der Waals surface area contributed by atoms with E-state index in [4.69, 9.17) is 11.6 Å². The van der Waals surface area contributed by atoms with E-state index in [1.54, 1.807) is 0 Å². The molecule has 2 N–H and O–H groups in total. The molecule has 0 saturated heterocycles. The smallest absolute Gasteiger partial charge is 0.242 e. The summed E-state index contributed by atoms with van der Waals surface area (Å²) in [5, 5.41) is 3.64. The van der Waals surface area contributed by atoms with Crippen LogP contribution in [0.1, 0.15) is 17.2 Å². The van der Waals surface area contributed by atoms with Crippen LogP contribution < -0.4 is 10.0 Å². The Morgan fingerprint density at radius 2 is 2.14 bits per heavy atom. The number of nitrogens with one attached hydrogen (secondary N) is 2. The summed E-state index contributed by atoms with van der Waals surface area (Å²) in [5.74, 6) is 0. The molecule has 0 amide bonds. The van der Waals surface area contributed by atoms with Gasteiger partial charge in [-0.1, -0.05) is 35.9 Å². The van der Waals surface area contributed by atoms with Gasteiger partial charge >= 0.3 is 0 Å². The fourth-order valence-corrected chi connectivity index (χ4v) is 3.86. The summed E-state index contributed by atoms with van der Waals surface area (Å²) < 4.78 is 27.2. The van der Waals surface area contributed by atoms with Crippen LogP contribution in [0.2, 0.25) is 5.02 Å². The first-order valence-electron chi connectivity index (χ1n) is 6.98. The molecule has 1 aromatic heterocycles. The first kappa shape index (κ1) is 15.4. The average molecular weight is 338 g/mol. The number of nitrogens with zero attached hydrogens (tertiary/aromatic N) is 1. The third-order valence-corrected chi connectivity index (χ3v) is 5.28. The number of hydrogen-bond donors (Lipinski definition) is 2. The van der Waals surface area contributed by atoms with E-state index in [0.29, 0.717) is 5.02 Å². The molecule has 3 rings (SSSR count). The van der Waals surface area contributed by atoms with Crippen molar-refractivity contribution in [2.24, 2.45) is 0 Å². The summed E-state index contributed by atoms with van der Waals surface area (Å²) in [6.45, 7) is 1.12. The Morgan fingerprint density at radius 3 is 2.95 bits per heavy atom. The Balaban J connectivity index is 1.76. The first-order chi connectivity index (χ1) is 10.6. The molecule has 0 saturated carbocycles. The van der Waals surface area contributed by atoms with Crippen LogP contribution in [-0.4, -0.2) is 26.5 Å². The van der Waals surface area contributed by atoms with Gasteiger partial charge in [0.1, 0.15) is 4.90 Å². The molecule has 1 aliphatic heterocycles. The maximum atomic E-state index is 12.3. The quantitative estimate of drug-likeness (QED) is 0.894. The summed E-state index contributed by atoms with van der Waals surface area (Å²) in [6.07, 6.45) is 3.65. The number of rotatable bonds is 4. The van der Waals surface area contributed by atoms with E-state index in [0.717, 1.165) is 18.5 Å². The van der Waals surface area contributed by atoms with Crippen molar-refractivity contribution in [2.45, 2.75) is 17.4 Å². The predicted octanol–water partition coefficient (Wildman–Crippen LogP) is 1.90. The number of fused-ring (bicyclic) bond motifs is 1. The third kappa shape index (κ3) is 3.30. The van der Waals surface area contributed by atoms with E-state index in [-0.39, 0.29) is 17.5 Å². The molecule has 2 heterocycles. The van der Waals surface area contributed by atoms with Crippen LogP contribution in [0.25, 0.3) is 0 Å². The maximum absolute atomic E-state index is 12.3. The van der Waals surface area contributed by atoms with Crippen molar-refractivity contribution in [3.8, 4) is 0 Å². The standard InChI is InChI=1S/C15H16ClN3O2S/c16-12-7-13(9-17-8-12)22(20,21)19-10-15-14-4-2-1-3-11(14)5-6-18-15/h1-4,7-9,15,18-19H,5-6,10H2. The number of halogens is 1. The van der Waals surface area contributed by atoms with Gasteiger partial charge in [-0.25, -0.2) is 13.1 Å². The fraction of sp³-hybridized carbons (Fsp3) is 0.267. The zero-order valence-electron chi connectivity index (χ0n) is 11.8. The van der Waals surface area contributed by atoms with Crippen molar-refractivity contribution in [2.75, 3.05) is 13.1 Å². The largest absolute Gasteiger partial charge is 0.308 e. The number of hydrogen-bond acceptors (Lipinski definition) is 4. The van der Waals surface area contributed by atoms with E-state index < -0.39 is 10.0 Å². The van der Waals surface area contributed by atoms with Crippen LogP contribution in [-0.2, 0) is 16.4 Å². The Kier molecular flexibility index (Phi) is 4.44. The Hall–Kier alpha value is -1.47. The monoisotopic (exact) mass is 337 g/mol. The summed E-state index contributed by atoms with van der Waals surface area (Å²) in [6, 6.07) is 9.43. The minimum Gasteiger partial charge on any atom is -0.308 e. The van der Waals surface area contributed by atoms with Gasteiger partial charge < -0.3 is 5.32 Å². The maximum Gasteiger partial charge on any atom is 0.242 e. The number of pyridine rings is 1. The molecular weight excluding hydrogens is 322 g/mol. The molecule has 1 aromatic carbocycles. The van der Waals surface area contributed by atoms with Crippen LogP contribution >= 0.6 is 11.6 Å². The van der Waals surface area contributed by atoms with Crippen molar-refractivity contribution in [3.63, 3.8) is 0 Å². The van der Waals surface area contributed by atoms with Crippen LogP contribution in [0, 0.1) is 0 Å². The molecule has 0 aliphatic carbocycles. The highest BCUT2D eigenvalue weighted by molar-refractivity contribution is 7.89. The highest BCUT2D eigenvalue weighted by Crippen LogP contribution is 2.22. The Labute approximate surface area is 134 Å². The highest BCUT2D eigenvalue weighted by atomic mass is 35.5. The van der Waals surface area contributed by atoms with Gasteiger partial charge in [0.15, 0.2) is 0 Å². The van der Waals surface area contributed by atoms with Crippen molar-refractivity contribution in [1.29, 1.82) is 0 Å². The van der Waals surface area contributed by atoms with Crippen molar-refractivity contribution in [1.82, 2.24) is 15.0 Å². The number of benzene rings is 1. The minimum absolute atomic E-state index is 0.0353. The lowest BCUT2D eigenvalue weighted by Crippen LogP contribution is -2.38. The van der Waals surface area contributed by atoms with E-state index >= 15 is 0 Å². The van der Waals surface area contributed by atoms with Gasteiger partial charge in [-0.05, 0) is 30.2 Å². The molecule has 2 aromatic rings. The molecule has 22 heavy (non-hydrogen) atoms. The van der Waals surface area contributed by atoms with Gasteiger partial charge in [0.25, 0.3) is 0 Å². The lowest BCUT2D eigenvalue weighted by atomic mass is 9.95. The van der Waals surface area contributed by atoms with Gasteiger partial charge in [0.2, 0.25) is 10.0 Å². The second kappa shape index (κ2) is 6.34. The zero-order valence-corrected chi connectivity index (χ0v) is 13.4. The fourth-order valence-electron chi connectivity index (χ4n) is 2.59. The first-order valence-corrected chi connectivity index (χ1v) is 8.84. The van der Waals surface area contributed by atoms with Crippen LogP contribution in [0.15, 0.2) is 47.6 Å². The lowest BCUT2D eigenvalue weighted by Gasteiger charge is -2.27. The Morgan fingerprint density at radius 1 is 1.32 bits per heavy atom. The van der Waals surface area contributed by atoms with Crippen molar-refractivity contribution >= 4 is 21.6 Å². The molecule has 0 radical (unpaired) electrons. The topological polar surface area (TPSA) is 71.1 Å². The van der Waals surface area contributed by atoms with Gasteiger partial charge in [-0.2, -0.15) is 0 Å². The molecule has 0 spiro atoms. The summed E-state index contributed by atoms with van der Waals surface area (Å²) in [5.41, 5.74) is 2.40. The van der Waals surface area contributed by atoms with Gasteiger partial charge in [-0.15, -0.1) is 0 Å². The molecule has 5 nitrogen and oxygen atoms in total. The lowest BCUT2D eigenvalue weighted by molar-refractivity contribution is 0.491. The van der Waals surface area contributed by atoms with Gasteiger partial charge in [0.05, 0.1) is 5.02 Å². The SMILES string of the molecule is O=S(=O)(NCC1NCCc2ccccc21)c1cncc(Cl)c1. The van der Waals surface area contributed by atoms with E-state index in [1.165, 1.54) is 24.0 Å². The van der Waals surface area contributed by atoms with E-state index in [9.17, 15) is 8.42 Å². The molecule has 1 atom stereocenters. The van der Waals surface area contributed by atoms with E-state index in [1.807, 2.05) is 18.2 Å². The summed E-state index contributed by atoms with van der Waals surface area (Å²) in [4.78, 5) is 3.89. The molecular formula is C15H16ClN3O2S. The molecule has 0 fully saturated rings. The number of sulfonamides is 1. The minimum atomic E-state index is -3.62. The third-order valence-electron chi connectivity index (χ3n) is 3.68. The predicted molar refractivity (Wildman–Crippen MR) is 85.3 cm³/mol. The van der Waals surface area contributed by atoms with Crippen LogP contribution in [0.4, 0.5) is 0 Å². The van der Waals surface area contributed by atoms with Gasteiger partial charge in [-0.3, -0.25) is 4.98 Å². The summed E-state index contributed by atoms with van der Waals surface area (Å²) in [7, 11) is -3.62. The van der Waals surface area contributed by atoms with E-state index in [2.05, 4.69) is 21.1 Å². The summed E-state index contributed by atoms with van der Waals surface area (Å²) >= 11 is 5.80. The van der Waals surface area contributed by atoms with Crippen LogP contribution in [0.5, 0.6) is 0 Å². The average Bonchev–Trinajstić information content (AvgIpc) is 2.53. The molecule has 116 valence electrons. The molecule has 1 aliphatic rings. The second-order valence-electron chi connectivity index (χ2n) is 5.15. The zero-order chi connectivity index (χ0) is 15.6. The van der Waals surface area contributed by atoms with Crippen molar-refractivity contribution < 1.29 is 8.42 Å². The second-order valence-corrected chi connectivity index (χ2v) is 7.35. The molecule has 7 heteroatoms. The molecule has 0 bridgehead atoms. The Bertz CT molecular complexity index is 780. The van der Waals surface area contributed by atoms with Crippen molar-refractivity contribution in [3.05, 3.63) is 58.9 Å². The molecule has 1 unspecified atom stereocenters. The normalized spacial score (nSPS) is 18.0. The highest BCUT2D eigenvalue weighted by Gasteiger charge is 2.22. The van der Waals surface area contributed by atoms with Gasteiger partial charge in [0, 0.05) is 25.0 Å². The van der Waals surface area contributed by atoms with Crippen LogP contribution in [0.3, 0.4) is 0 Å².